The Morgan fingerprint density at radius 3 is 2.48 bits per heavy atom. The molecular formula is C17H26N2O2. The Kier molecular flexibility index (Phi) is 7.99. The Labute approximate surface area is 128 Å². The number of nitriles is 1. The zero-order valence-corrected chi connectivity index (χ0v) is 13.3. The Balaban J connectivity index is 2.67. The third-order valence-corrected chi connectivity index (χ3v) is 3.25. The Bertz CT molecular complexity index is 428. The van der Waals surface area contributed by atoms with E-state index in [0.717, 1.165) is 12.0 Å². The fraction of sp³-hybridized carbons (Fsp3) is 0.588. The van der Waals surface area contributed by atoms with E-state index < -0.39 is 5.54 Å². The Morgan fingerprint density at radius 2 is 1.90 bits per heavy atom. The molecule has 1 N–H and O–H groups in total. The molecule has 1 atom stereocenters. The van der Waals surface area contributed by atoms with Gasteiger partial charge in [0.1, 0.15) is 5.54 Å². The van der Waals surface area contributed by atoms with Crippen molar-refractivity contribution in [2.75, 3.05) is 26.9 Å². The molecule has 1 aromatic rings. The van der Waals surface area contributed by atoms with Crippen LogP contribution in [-0.4, -0.2) is 33.0 Å². The first-order valence-corrected chi connectivity index (χ1v) is 7.46. The summed E-state index contributed by atoms with van der Waals surface area (Å²) in [5.74, 6) is 0. The molecule has 0 heterocycles. The average molecular weight is 290 g/mol. The van der Waals surface area contributed by atoms with Crippen molar-refractivity contribution in [3.8, 4) is 6.07 Å². The van der Waals surface area contributed by atoms with Crippen LogP contribution in [0.2, 0.25) is 0 Å². The fourth-order valence-electron chi connectivity index (χ4n) is 2.30. The Morgan fingerprint density at radius 1 is 1.19 bits per heavy atom. The lowest BCUT2D eigenvalue weighted by Crippen LogP contribution is -2.45. The highest BCUT2D eigenvalue weighted by Gasteiger charge is 2.32. The number of nitrogens with one attached hydrogen (secondary N) is 1. The van der Waals surface area contributed by atoms with Gasteiger partial charge in [-0.05, 0) is 25.8 Å². The van der Waals surface area contributed by atoms with Crippen molar-refractivity contribution in [1.82, 2.24) is 5.32 Å². The van der Waals surface area contributed by atoms with Crippen LogP contribution in [0.15, 0.2) is 30.3 Å². The third kappa shape index (κ3) is 5.84. The maximum atomic E-state index is 9.73. The molecule has 0 aliphatic rings. The van der Waals surface area contributed by atoms with Crippen molar-refractivity contribution < 1.29 is 9.47 Å². The maximum Gasteiger partial charge on any atom is 0.134 e. The van der Waals surface area contributed by atoms with Gasteiger partial charge in [0.2, 0.25) is 0 Å². The predicted octanol–water partition coefficient (Wildman–Crippen LogP) is 2.85. The predicted molar refractivity (Wildman–Crippen MR) is 83.9 cm³/mol. The van der Waals surface area contributed by atoms with E-state index in [4.69, 9.17) is 9.47 Å². The van der Waals surface area contributed by atoms with E-state index in [9.17, 15) is 5.26 Å². The number of rotatable bonds is 10. The van der Waals surface area contributed by atoms with Gasteiger partial charge in [0.15, 0.2) is 0 Å². The summed E-state index contributed by atoms with van der Waals surface area (Å²) in [4.78, 5) is 0. The van der Waals surface area contributed by atoms with Crippen LogP contribution < -0.4 is 5.32 Å². The molecule has 1 rings (SSSR count). The normalized spacial score (nSPS) is 13.9. The van der Waals surface area contributed by atoms with Gasteiger partial charge in [0, 0.05) is 39.4 Å². The van der Waals surface area contributed by atoms with Crippen LogP contribution in [0, 0.1) is 11.3 Å². The van der Waals surface area contributed by atoms with Gasteiger partial charge in [-0.25, -0.2) is 0 Å². The van der Waals surface area contributed by atoms with E-state index in [0.29, 0.717) is 26.2 Å². The molecule has 1 aromatic carbocycles. The van der Waals surface area contributed by atoms with E-state index in [1.807, 2.05) is 30.3 Å². The number of nitrogens with zero attached hydrogens (tertiary/aromatic N) is 1. The molecular weight excluding hydrogens is 264 g/mol. The second-order valence-corrected chi connectivity index (χ2v) is 5.39. The lowest BCUT2D eigenvalue weighted by Gasteiger charge is -2.30. The molecule has 0 bridgehead atoms. The molecule has 21 heavy (non-hydrogen) atoms. The van der Waals surface area contributed by atoms with E-state index in [2.05, 4.69) is 25.2 Å². The van der Waals surface area contributed by atoms with Gasteiger partial charge < -0.3 is 9.47 Å². The highest BCUT2D eigenvalue weighted by Crippen LogP contribution is 2.25. The molecule has 0 saturated carbocycles. The number of hydrogen-bond acceptors (Lipinski definition) is 4. The molecule has 0 radical (unpaired) electrons. The number of hydrogen-bond donors (Lipinski definition) is 1. The largest absolute Gasteiger partial charge is 0.385 e. The zero-order chi connectivity index (χ0) is 15.6. The summed E-state index contributed by atoms with van der Waals surface area (Å²) in [5.41, 5.74) is 0.290. The number of benzene rings is 1. The van der Waals surface area contributed by atoms with E-state index >= 15 is 0 Å². The molecule has 0 amide bonds. The quantitative estimate of drug-likeness (QED) is 0.673. The van der Waals surface area contributed by atoms with Crippen molar-refractivity contribution in [3.05, 3.63) is 35.9 Å². The highest BCUT2D eigenvalue weighted by molar-refractivity contribution is 5.31. The molecule has 0 aromatic heterocycles. The van der Waals surface area contributed by atoms with Crippen LogP contribution in [0.5, 0.6) is 0 Å². The summed E-state index contributed by atoms with van der Waals surface area (Å²) in [6, 6.07) is 12.5. The zero-order valence-electron chi connectivity index (χ0n) is 13.3. The van der Waals surface area contributed by atoms with Gasteiger partial charge in [-0.15, -0.1) is 0 Å². The van der Waals surface area contributed by atoms with Crippen molar-refractivity contribution in [2.24, 2.45) is 0 Å². The van der Waals surface area contributed by atoms with Crippen molar-refractivity contribution in [2.45, 2.75) is 38.3 Å². The van der Waals surface area contributed by atoms with E-state index in [-0.39, 0.29) is 6.04 Å². The summed E-state index contributed by atoms with van der Waals surface area (Å²) in [5, 5.41) is 13.1. The van der Waals surface area contributed by atoms with Gasteiger partial charge in [0.25, 0.3) is 0 Å². The molecule has 4 nitrogen and oxygen atoms in total. The minimum atomic E-state index is -0.698. The molecule has 116 valence electrons. The van der Waals surface area contributed by atoms with Crippen LogP contribution in [0.4, 0.5) is 0 Å². The molecule has 4 heteroatoms. The first kappa shape index (κ1) is 17.6. The summed E-state index contributed by atoms with van der Waals surface area (Å²) < 4.78 is 10.6. The molecule has 1 unspecified atom stereocenters. The van der Waals surface area contributed by atoms with Crippen LogP contribution >= 0.6 is 0 Å². The lowest BCUT2D eigenvalue weighted by atomic mass is 9.87. The van der Waals surface area contributed by atoms with E-state index in [1.165, 1.54) is 0 Å². The number of ether oxygens (including phenoxy) is 2. The monoisotopic (exact) mass is 290 g/mol. The average Bonchev–Trinajstić information content (AvgIpc) is 2.50. The topological polar surface area (TPSA) is 54.3 Å². The summed E-state index contributed by atoms with van der Waals surface area (Å²) in [6.07, 6.45) is 1.50. The first-order chi connectivity index (χ1) is 10.1. The first-order valence-electron chi connectivity index (χ1n) is 7.46. The van der Waals surface area contributed by atoms with Crippen LogP contribution in [0.3, 0.4) is 0 Å². The lowest BCUT2D eigenvalue weighted by molar-refractivity contribution is 0.0900. The summed E-state index contributed by atoms with van der Waals surface area (Å²) in [7, 11) is 1.68. The van der Waals surface area contributed by atoms with Crippen molar-refractivity contribution in [3.63, 3.8) is 0 Å². The van der Waals surface area contributed by atoms with Crippen molar-refractivity contribution >= 4 is 0 Å². The van der Waals surface area contributed by atoms with Crippen LogP contribution in [-0.2, 0) is 15.0 Å². The molecule has 0 saturated heterocycles. The van der Waals surface area contributed by atoms with Gasteiger partial charge >= 0.3 is 0 Å². The second kappa shape index (κ2) is 9.51. The minimum Gasteiger partial charge on any atom is -0.385 e. The molecule has 0 spiro atoms. The highest BCUT2D eigenvalue weighted by atomic mass is 16.5. The number of methoxy groups -OCH3 is 1. The fourth-order valence-corrected chi connectivity index (χ4v) is 2.30. The Hall–Kier alpha value is -1.41. The van der Waals surface area contributed by atoms with E-state index in [1.54, 1.807) is 7.11 Å². The molecule has 0 aliphatic heterocycles. The standard InChI is InChI=1S/C17H26N2O2/c1-15(2)19-17(14-18,16-8-5-4-6-9-16)10-13-21-12-7-11-20-3/h4-6,8-9,15,19H,7,10-13H2,1-3H3. The second-order valence-electron chi connectivity index (χ2n) is 5.39. The van der Waals surface area contributed by atoms with Crippen molar-refractivity contribution in [1.29, 1.82) is 5.26 Å². The van der Waals surface area contributed by atoms with Crippen LogP contribution in [0.1, 0.15) is 32.3 Å². The summed E-state index contributed by atoms with van der Waals surface area (Å²) >= 11 is 0. The molecule has 0 aliphatic carbocycles. The van der Waals surface area contributed by atoms with Gasteiger partial charge in [0.05, 0.1) is 6.07 Å². The SMILES string of the molecule is COCCCOCCC(C#N)(NC(C)C)c1ccccc1. The maximum absolute atomic E-state index is 9.73. The van der Waals surface area contributed by atoms with Gasteiger partial charge in [-0.2, -0.15) is 5.26 Å². The van der Waals surface area contributed by atoms with Gasteiger partial charge in [-0.1, -0.05) is 30.3 Å². The molecule has 0 fully saturated rings. The smallest absolute Gasteiger partial charge is 0.134 e. The summed E-state index contributed by atoms with van der Waals surface area (Å²) in [6.45, 7) is 6.01. The third-order valence-electron chi connectivity index (χ3n) is 3.25. The van der Waals surface area contributed by atoms with Crippen LogP contribution in [0.25, 0.3) is 0 Å². The minimum absolute atomic E-state index is 0.221. The van der Waals surface area contributed by atoms with Gasteiger partial charge in [-0.3, -0.25) is 5.32 Å².